The van der Waals surface area contributed by atoms with Gasteiger partial charge in [0.05, 0.1) is 4.90 Å². The highest BCUT2D eigenvalue weighted by molar-refractivity contribution is 7.89. The van der Waals surface area contributed by atoms with Gasteiger partial charge in [0.1, 0.15) is 11.6 Å². The Morgan fingerprint density at radius 2 is 1.61 bits per heavy atom. The third-order valence-electron chi connectivity index (χ3n) is 3.88. The number of benzene rings is 2. The van der Waals surface area contributed by atoms with E-state index in [1.54, 1.807) is 18.2 Å². The van der Waals surface area contributed by atoms with Crippen LogP contribution in [0, 0.1) is 5.82 Å². The van der Waals surface area contributed by atoms with Crippen molar-refractivity contribution in [2.45, 2.75) is 4.90 Å². The topological polar surface area (TPSA) is 60.9 Å². The van der Waals surface area contributed by atoms with E-state index >= 15 is 0 Å². The van der Waals surface area contributed by atoms with E-state index in [9.17, 15) is 17.9 Å². The van der Waals surface area contributed by atoms with Gasteiger partial charge < -0.3 is 10.0 Å². The van der Waals surface area contributed by atoms with Crippen molar-refractivity contribution in [1.82, 2.24) is 4.31 Å². The summed E-state index contributed by atoms with van der Waals surface area (Å²) in [6, 6.07) is 11.8. The summed E-state index contributed by atoms with van der Waals surface area (Å²) in [5.74, 6) is -0.276. The number of hydrogen-bond acceptors (Lipinski definition) is 4. The normalized spacial score (nSPS) is 16.5. The summed E-state index contributed by atoms with van der Waals surface area (Å²) in [7, 11) is -3.60. The van der Waals surface area contributed by atoms with Gasteiger partial charge in [0, 0.05) is 37.9 Å². The number of phenolic OH excluding ortho intramolecular Hbond substituents is 1. The highest BCUT2D eigenvalue weighted by Crippen LogP contribution is 2.23. The summed E-state index contributed by atoms with van der Waals surface area (Å²) in [4.78, 5) is 2.13. The molecule has 122 valence electrons. The Morgan fingerprint density at radius 3 is 2.22 bits per heavy atom. The van der Waals surface area contributed by atoms with Gasteiger partial charge in [0.25, 0.3) is 0 Å². The Hall–Kier alpha value is -2.12. The molecule has 5 nitrogen and oxygen atoms in total. The highest BCUT2D eigenvalue weighted by atomic mass is 32.2. The van der Waals surface area contributed by atoms with Crippen LogP contribution in [0.4, 0.5) is 10.1 Å². The van der Waals surface area contributed by atoms with Crippen molar-refractivity contribution in [2.75, 3.05) is 31.1 Å². The average molecular weight is 336 g/mol. The van der Waals surface area contributed by atoms with Crippen LogP contribution < -0.4 is 4.90 Å². The third-order valence-corrected chi connectivity index (χ3v) is 5.80. The Kier molecular flexibility index (Phi) is 4.23. The van der Waals surface area contributed by atoms with Gasteiger partial charge in [-0.25, -0.2) is 12.8 Å². The lowest BCUT2D eigenvalue weighted by molar-refractivity contribution is 0.384. The minimum absolute atomic E-state index is 0.102. The molecule has 1 aliphatic heterocycles. The second kappa shape index (κ2) is 6.17. The first-order valence-electron chi connectivity index (χ1n) is 7.26. The number of sulfonamides is 1. The number of nitrogens with zero attached hydrogens (tertiary/aromatic N) is 2. The van der Waals surface area contributed by atoms with E-state index in [4.69, 9.17) is 0 Å². The number of hydrogen-bond donors (Lipinski definition) is 1. The molecule has 0 atom stereocenters. The average Bonchev–Trinajstić information content (AvgIpc) is 2.55. The number of piperazine rings is 1. The fourth-order valence-electron chi connectivity index (χ4n) is 2.63. The van der Waals surface area contributed by atoms with Crippen molar-refractivity contribution in [3.8, 4) is 5.75 Å². The van der Waals surface area contributed by atoms with Gasteiger partial charge in [-0.2, -0.15) is 4.31 Å². The molecule has 0 bridgehead atoms. The van der Waals surface area contributed by atoms with E-state index in [0.29, 0.717) is 26.2 Å². The summed E-state index contributed by atoms with van der Waals surface area (Å²) in [6.45, 7) is 1.75. The van der Waals surface area contributed by atoms with Crippen LogP contribution in [0.3, 0.4) is 0 Å². The van der Waals surface area contributed by atoms with Crippen molar-refractivity contribution in [3.05, 3.63) is 54.3 Å². The van der Waals surface area contributed by atoms with Crippen molar-refractivity contribution in [2.24, 2.45) is 0 Å². The molecule has 1 saturated heterocycles. The van der Waals surface area contributed by atoms with Crippen molar-refractivity contribution >= 4 is 15.7 Å². The maximum Gasteiger partial charge on any atom is 0.243 e. The first-order valence-corrected chi connectivity index (χ1v) is 8.70. The van der Waals surface area contributed by atoms with Crippen LogP contribution in [-0.2, 0) is 10.0 Å². The zero-order valence-electron chi connectivity index (χ0n) is 12.4. The fraction of sp³-hybridized carbons (Fsp3) is 0.250. The quantitative estimate of drug-likeness (QED) is 0.932. The first kappa shape index (κ1) is 15.8. The van der Waals surface area contributed by atoms with Crippen LogP contribution >= 0.6 is 0 Å². The van der Waals surface area contributed by atoms with Gasteiger partial charge in [0.15, 0.2) is 0 Å². The minimum atomic E-state index is -3.60. The van der Waals surface area contributed by atoms with Gasteiger partial charge in [-0.15, -0.1) is 0 Å². The molecule has 1 N–H and O–H groups in total. The maximum absolute atomic E-state index is 13.0. The zero-order chi connectivity index (χ0) is 16.4. The molecule has 0 unspecified atom stereocenters. The van der Waals surface area contributed by atoms with Crippen LogP contribution in [0.5, 0.6) is 5.75 Å². The number of rotatable bonds is 3. The highest BCUT2D eigenvalue weighted by Gasteiger charge is 2.28. The monoisotopic (exact) mass is 336 g/mol. The molecule has 0 radical (unpaired) electrons. The number of aromatic hydroxyl groups is 1. The standard InChI is InChI=1S/C16H17FN2O3S/c17-13-4-6-16(7-5-13)23(21,22)19-10-8-18(9-11-19)14-2-1-3-15(20)12-14/h1-7,12,20H,8-11H2. The van der Waals surface area contributed by atoms with Gasteiger partial charge in [-0.05, 0) is 36.4 Å². The molecule has 3 rings (SSSR count). The third kappa shape index (κ3) is 3.30. The van der Waals surface area contributed by atoms with Crippen LogP contribution in [0.2, 0.25) is 0 Å². The zero-order valence-corrected chi connectivity index (χ0v) is 13.2. The maximum atomic E-state index is 13.0. The van der Waals surface area contributed by atoms with E-state index in [1.807, 2.05) is 11.0 Å². The van der Waals surface area contributed by atoms with E-state index in [1.165, 1.54) is 16.4 Å². The number of halogens is 1. The van der Waals surface area contributed by atoms with Gasteiger partial charge in [0.2, 0.25) is 10.0 Å². The van der Waals surface area contributed by atoms with Crippen LogP contribution in [0.1, 0.15) is 0 Å². The smallest absolute Gasteiger partial charge is 0.243 e. The molecule has 0 saturated carbocycles. The lowest BCUT2D eigenvalue weighted by Gasteiger charge is -2.35. The first-order chi connectivity index (χ1) is 11.0. The molecule has 1 heterocycles. The predicted molar refractivity (Wildman–Crippen MR) is 85.5 cm³/mol. The lowest BCUT2D eigenvalue weighted by Crippen LogP contribution is -2.48. The Morgan fingerprint density at radius 1 is 0.957 bits per heavy atom. The Bertz CT molecular complexity index is 785. The Labute approximate surface area is 134 Å². The second-order valence-electron chi connectivity index (χ2n) is 5.36. The van der Waals surface area contributed by atoms with Crippen molar-refractivity contribution in [3.63, 3.8) is 0 Å². The molecule has 0 spiro atoms. The SMILES string of the molecule is O=S(=O)(c1ccc(F)cc1)N1CCN(c2cccc(O)c2)CC1. The summed E-state index contributed by atoms with van der Waals surface area (Å²) in [5, 5.41) is 9.53. The fourth-order valence-corrected chi connectivity index (χ4v) is 4.05. The van der Waals surface area contributed by atoms with E-state index in [2.05, 4.69) is 0 Å². The summed E-state index contributed by atoms with van der Waals surface area (Å²) in [6.07, 6.45) is 0. The van der Waals surface area contributed by atoms with Crippen molar-refractivity contribution in [1.29, 1.82) is 0 Å². The molecule has 2 aromatic carbocycles. The van der Waals surface area contributed by atoms with Crippen molar-refractivity contribution < 1.29 is 17.9 Å². The minimum Gasteiger partial charge on any atom is -0.508 e. The molecular formula is C16H17FN2O3S. The van der Waals surface area contributed by atoms with E-state index in [-0.39, 0.29) is 10.6 Å². The van der Waals surface area contributed by atoms with Gasteiger partial charge in [-0.3, -0.25) is 0 Å². The number of anilines is 1. The second-order valence-corrected chi connectivity index (χ2v) is 7.30. The molecule has 2 aromatic rings. The van der Waals surface area contributed by atoms with Crippen LogP contribution in [-0.4, -0.2) is 44.0 Å². The lowest BCUT2D eigenvalue weighted by atomic mass is 10.2. The number of phenols is 1. The molecule has 1 fully saturated rings. The van der Waals surface area contributed by atoms with Crippen LogP contribution in [0.25, 0.3) is 0 Å². The van der Waals surface area contributed by atoms with E-state index in [0.717, 1.165) is 17.8 Å². The van der Waals surface area contributed by atoms with E-state index < -0.39 is 15.8 Å². The van der Waals surface area contributed by atoms with Gasteiger partial charge in [-0.1, -0.05) is 6.07 Å². The molecule has 1 aliphatic rings. The van der Waals surface area contributed by atoms with Crippen LogP contribution in [0.15, 0.2) is 53.4 Å². The summed E-state index contributed by atoms with van der Waals surface area (Å²) in [5.41, 5.74) is 0.865. The molecule has 23 heavy (non-hydrogen) atoms. The van der Waals surface area contributed by atoms with Gasteiger partial charge >= 0.3 is 0 Å². The summed E-state index contributed by atoms with van der Waals surface area (Å²) >= 11 is 0. The predicted octanol–water partition coefficient (Wildman–Crippen LogP) is 2.04. The Balaban J connectivity index is 1.72. The molecule has 0 amide bonds. The summed E-state index contributed by atoms with van der Waals surface area (Å²) < 4.78 is 39.4. The molecular weight excluding hydrogens is 319 g/mol. The molecule has 0 aromatic heterocycles. The molecule has 7 heteroatoms. The largest absolute Gasteiger partial charge is 0.508 e. The molecule has 0 aliphatic carbocycles.